The van der Waals surface area contributed by atoms with E-state index in [-0.39, 0.29) is 30.1 Å². The Morgan fingerprint density at radius 1 is 0.821 bits per heavy atom. The first-order valence-electron chi connectivity index (χ1n) is 9.68. The molecule has 0 radical (unpaired) electrons. The Labute approximate surface area is 165 Å². The smallest absolute Gasteiger partial charge is 0.243 e. The van der Waals surface area contributed by atoms with Crippen LogP contribution in [0.5, 0.6) is 0 Å². The van der Waals surface area contributed by atoms with E-state index in [2.05, 4.69) is 15.5 Å². The van der Waals surface area contributed by atoms with Gasteiger partial charge in [0.2, 0.25) is 5.91 Å². The summed E-state index contributed by atoms with van der Waals surface area (Å²) in [6, 6.07) is 19.4. The molecule has 0 unspecified atom stereocenters. The highest BCUT2D eigenvalue weighted by atomic mass is 16.2. The monoisotopic (exact) mass is 375 g/mol. The molecule has 0 aliphatic heterocycles. The fraction of sp³-hybridized carbons (Fsp3) is 0.304. The second kappa shape index (κ2) is 10.3. The number of hydrazone groups is 1. The minimum atomic E-state index is -0.0789. The van der Waals surface area contributed by atoms with Gasteiger partial charge in [-0.1, -0.05) is 60.7 Å². The van der Waals surface area contributed by atoms with Gasteiger partial charge in [0.05, 0.1) is 12.8 Å². The van der Waals surface area contributed by atoms with Gasteiger partial charge in [0.25, 0.3) is 0 Å². The van der Waals surface area contributed by atoms with E-state index < -0.39 is 0 Å². The molecule has 1 amide bonds. The molecule has 0 aromatic heterocycles. The van der Waals surface area contributed by atoms with Crippen LogP contribution in [-0.2, 0) is 9.59 Å². The number of ketones is 1. The predicted octanol–water partition coefficient (Wildman–Crippen LogP) is 3.63. The van der Waals surface area contributed by atoms with Crippen molar-refractivity contribution < 1.29 is 9.59 Å². The first kappa shape index (κ1) is 19.7. The Bertz CT molecular complexity index is 752. The van der Waals surface area contributed by atoms with Gasteiger partial charge in [0.15, 0.2) is 5.78 Å². The van der Waals surface area contributed by atoms with E-state index >= 15 is 0 Å². The third kappa shape index (κ3) is 5.98. The summed E-state index contributed by atoms with van der Waals surface area (Å²) >= 11 is 0. The Balaban J connectivity index is 1.39. The number of benzene rings is 2. The van der Waals surface area contributed by atoms with Crippen molar-refractivity contribution in [3.63, 3.8) is 0 Å². The van der Waals surface area contributed by atoms with E-state index in [0.717, 1.165) is 24.0 Å². The van der Waals surface area contributed by atoms with Crippen LogP contribution in [0.1, 0.15) is 36.8 Å². The van der Waals surface area contributed by atoms with Gasteiger partial charge < -0.3 is 0 Å². The van der Waals surface area contributed by atoms with Gasteiger partial charge >= 0.3 is 0 Å². The molecule has 1 aliphatic carbocycles. The van der Waals surface area contributed by atoms with Gasteiger partial charge in [-0.3, -0.25) is 14.6 Å². The Kier molecular flexibility index (Phi) is 7.24. The van der Waals surface area contributed by atoms with E-state index in [1.807, 2.05) is 60.7 Å². The van der Waals surface area contributed by atoms with E-state index in [1.54, 1.807) is 12.4 Å². The maximum absolute atomic E-state index is 12.4. The Morgan fingerprint density at radius 3 is 1.96 bits per heavy atom. The average Bonchev–Trinajstić information content (AvgIpc) is 2.75. The van der Waals surface area contributed by atoms with Crippen molar-refractivity contribution in [3.8, 4) is 0 Å². The van der Waals surface area contributed by atoms with E-state index in [1.165, 1.54) is 0 Å². The van der Waals surface area contributed by atoms with E-state index in [9.17, 15) is 9.59 Å². The molecule has 0 bridgehead atoms. The molecule has 0 saturated heterocycles. The topological polar surface area (TPSA) is 70.9 Å². The molecule has 28 heavy (non-hydrogen) atoms. The number of carbonyl (C=O) groups excluding carboxylic acids is 2. The number of hydrogen-bond acceptors (Lipinski definition) is 4. The van der Waals surface area contributed by atoms with Crippen LogP contribution in [0.4, 0.5) is 0 Å². The molecule has 1 fully saturated rings. The SMILES string of the molecule is O=C(CN=Cc1ccccc1)C1CCC(C(=O)N/N=C\c2ccccc2)CC1. The summed E-state index contributed by atoms with van der Waals surface area (Å²) in [6.07, 6.45) is 6.27. The van der Waals surface area contributed by atoms with Gasteiger partial charge in [-0.05, 0) is 36.8 Å². The molecule has 144 valence electrons. The number of carbonyl (C=O) groups is 2. The number of amides is 1. The molecular weight excluding hydrogens is 350 g/mol. The molecule has 0 spiro atoms. The zero-order valence-corrected chi connectivity index (χ0v) is 15.8. The average molecular weight is 375 g/mol. The first-order valence-corrected chi connectivity index (χ1v) is 9.68. The summed E-state index contributed by atoms with van der Waals surface area (Å²) in [5.41, 5.74) is 4.55. The number of rotatable bonds is 7. The summed E-state index contributed by atoms with van der Waals surface area (Å²) in [5.74, 6) is 0.0166. The lowest BCUT2D eigenvalue weighted by Gasteiger charge is -2.25. The summed E-state index contributed by atoms with van der Waals surface area (Å²) in [6.45, 7) is 0.206. The van der Waals surface area contributed by atoms with Crippen LogP contribution in [0.3, 0.4) is 0 Å². The first-order chi connectivity index (χ1) is 13.7. The minimum absolute atomic E-state index is 0.00444. The molecule has 3 rings (SSSR count). The van der Waals surface area contributed by atoms with Crippen molar-refractivity contribution in [2.24, 2.45) is 21.9 Å². The van der Waals surface area contributed by atoms with Gasteiger partial charge in [0.1, 0.15) is 0 Å². The van der Waals surface area contributed by atoms with Crippen LogP contribution >= 0.6 is 0 Å². The number of nitrogens with zero attached hydrogens (tertiary/aromatic N) is 2. The fourth-order valence-corrected chi connectivity index (χ4v) is 3.39. The highest BCUT2D eigenvalue weighted by Gasteiger charge is 2.29. The maximum Gasteiger partial charge on any atom is 0.243 e. The quantitative estimate of drug-likeness (QED) is 0.593. The number of aliphatic imine (C=N–C) groups is 1. The lowest BCUT2D eigenvalue weighted by molar-refractivity contribution is -0.128. The fourth-order valence-electron chi connectivity index (χ4n) is 3.39. The molecule has 0 heterocycles. The lowest BCUT2D eigenvalue weighted by atomic mass is 9.79. The number of nitrogens with one attached hydrogen (secondary N) is 1. The van der Waals surface area contributed by atoms with Crippen LogP contribution < -0.4 is 5.43 Å². The van der Waals surface area contributed by atoms with Crippen LogP contribution in [-0.4, -0.2) is 30.7 Å². The minimum Gasteiger partial charge on any atom is -0.297 e. The Hall–Kier alpha value is -3.08. The zero-order chi connectivity index (χ0) is 19.6. The van der Waals surface area contributed by atoms with Gasteiger partial charge in [-0.2, -0.15) is 5.10 Å². The highest BCUT2D eigenvalue weighted by Crippen LogP contribution is 2.29. The molecule has 1 saturated carbocycles. The Morgan fingerprint density at radius 2 is 1.36 bits per heavy atom. The molecule has 5 nitrogen and oxygen atoms in total. The van der Waals surface area contributed by atoms with E-state index in [4.69, 9.17) is 0 Å². The summed E-state index contributed by atoms with van der Waals surface area (Å²) in [5, 5.41) is 4.03. The molecule has 1 N–H and O–H groups in total. The van der Waals surface area contributed by atoms with E-state index in [0.29, 0.717) is 12.8 Å². The predicted molar refractivity (Wildman–Crippen MR) is 112 cm³/mol. The van der Waals surface area contributed by atoms with Crippen molar-refractivity contribution in [2.75, 3.05) is 6.54 Å². The van der Waals surface area contributed by atoms with Gasteiger partial charge in [-0.15, -0.1) is 0 Å². The van der Waals surface area contributed by atoms with Gasteiger partial charge in [-0.25, -0.2) is 5.43 Å². The van der Waals surface area contributed by atoms with Crippen LogP contribution in [0.15, 0.2) is 70.8 Å². The van der Waals surface area contributed by atoms with Gasteiger partial charge in [0, 0.05) is 18.1 Å². The standard InChI is InChI=1S/C23H25N3O2/c27-22(17-24-15-18-7-3-1-4-8-18)20-11-13-21(14-12-20)23(28)26-25-16-19-9-5-2-6-10-19/h1-10,15-16,20-21H,11-14,17H2,(H,26,28)/b24-15?,25-16-. The second-order valence-electron chi connectivity index (χ2n) is 7.04. The van der Waals surface area contributed by atoms with Crippen molar-refractivity contribution >= 4 is 24.1 Å². The third-order valence-electron chi connectivity index (χ3n) is 5.03. The summed E-state index contributed by atoms with van der Waals surface area (Å²) in [4.78, 5) is 28.9. The van der Waals surface area contributed by atoms with Crippen molar-refractivity contribution in [1.82, 2.24) is 5.43 Å². The summed E-state index contributed by atoms with van der Waals surface area (Å²) < 4.78 is 0. The molecule has 2 aromatic rings. The molecule has 1 aliphatic rings. The van der Waals surface area contributed by atoms with Crippen LogP contribution in [0.25, 0.3) is 0 Å². The van der Waals surface area contributed by atoms with Crippen LogP contribution in [0, 0.1) is 11.8 Å². The van der Waals surface area contributed by atoms with Crippen molar-refractivity contribution in [1.29, 1.82) is 0 Å². The number of Topliss-reactive ketones (excluding diaryl/α,β-unsaturated/α-hetero) is 1. The van der Waals surface area contributed by atoms with Crippen LogP contribution in [0.2, 0.25) is 0 Å². The largest absolute Gasteiger partial charge is 0.297 e. The zero-order valence-electron chi connectivity index (χ0n) is 15.8. The maximum atomic E-state index is 12.4. The normalized spacial score (nSPS) is 19.7. The van der Waals surface area contributed by atoms with Crippen molar-refractivity contribution in [2.45, 2.75) is 25.7 Å². The summed E-state index contributed by atoms with van der Waals surface area (Å²) in [7, 11) is 0. The third-order valence-corrected chi connectivity index (χ3v) is 5.03. The highest BCUT2D eigenvalue weighted by molar-refractivity contribution is 5.87. The number of hydrogen-bond donors (Lipinski definition) is 1. The lowest BCUT2D eigenvalue weighted by Crippen LogP contribution is -2.32. The van der Waals surface area contributed by atoms with Crippen molar-refractivity contribution in [3.05, 3.63) is 71.8 Å². The molecule has 2 aromatic carbocycles. The molecule has 0 atom stereocenters. The molecule has 5 heteroatoms. The molecular formula is C23H25N3O2. The second-order valence-corrected chi connectivity index (χ2v) is 7.04.